The van der Waals surface area contributed by atoms with Gasteiger partial charge in [0.2, 0.25) is 17.6 Å². The van der Waals surface area contributed by atoms with Crippen molar-refractivity contribution in [3.63, 3.8) is 0 Å². The molecule has 0 saturated carbocycles. The summed E-state index contributed by atoms with van der Waals surface area (Å²) in [6.45, 7) is 1.31. The molecule has 1 aromatic heterocycles. The van der Waals surface area contributed by atoms with Gasteiger partial charge in [0.15, 0.2) is 0 Å². The molecule has 0 N–H and O–H groups in total. The molecule has 7 nitrogen and oxygen atoms in total. The molecule has 1 fully saturated rings. The van der Waals surface area contributed by atoms with Gasteiger partial charge in [0.1, 0.15) is 11.5 Å². The number of aromatic nitrogens is 2. The summed E-state index contributed by atoms with van der Waals surface area (Å²) in [5, 5.41) is 4.14. The molecule has 0 unspecified atom stereocenters. The van der Waals surface area contributed by atoms with Crippen LogP contribution in [-0.4, -0.2) is 48.3 Å². The Kier molecular flexibility index (Phi) is 5.97. The number of piperidine rings is 1. The van der Waals surface area contributed by atoms with Crippen LogP contribution in [0.4, 0.5) is 0 Å². The van der Waals surface area contributed by atoms with Crippen LogP contribution < -0.4 is 9.47 Å². The molecule has 1 amide bonds. The van der Waals surface area contributed by atoms with Gasteiger partial charge in [0, 0.05) is 24.2 Å². The average molecular weight is 407 g/mol. The van der Waals surface area contributed by atoms with E-state index in [1.807, 2.05) is 53.4 Å². The molecule has 4 rings (SSSR count). The highest BCUT2D eigenvalue weighted by atomic mass is 16.5. The number of likely N-dealkylation sites (tertiary alicyclic amines) is 1. The fourth-order valence-corrected chi connectivity index (χ4v) is 3.81. The summed E-state index contributed by atoms with van der Waals surface area (Å²) in [6.07, 6.45) is 2.13. The molecule has 2 heterocycles. The zero-order valence-corrected chi connectivity index (χ0v) is 17.2. The molecule has 3 aromatic rings. The summed E-state index contributed by atoms with van der Waals surface area (Å²) >= 11 is 0. The van der Waals surface area contributed by atoms with Crippen molar-refractivity contribution in [2.45, 2.75) is 25.2 Å². The minimum absolute atomic E-state index is 0.0345. The van der Waals surface area contributed by atoms with Crippen molar-refractivity contribution >= 4 is 5.91 Å². The molecule has 1 aliphatic heterocycles. The lowest BCUT2D eigenvalue weighted by Crippen LogP contribution is -2.40. The Hall–Kier alpha value is -3.35. The van der Waals surface area contributed by atoms with Crippen molar-refractivity contribution < 1.29 is 18.8 Å². The smallest absolute Gasteiger partial charge is 0.231 e. The van der Waals surface area contributed by atoms with E-state index >= 15 is 0 Å². The van der Waals surface area contributed by atoms with E-state index in [1.54, 1.807) is 14.2 Å². The normalized spacial score (nSPS) is 16.3. The van der Waals surface area contributed by atoms with E-state index in [2.05, 4.69) is 10.1 Å². The van der Waals surface area contributed by atoms with Crippen molar-refractivity contribution in [2.75, 3.05) is 27.3 Å². The lowest BCUT2D eigenvalue weighted by molar-refractivity contribution is -0.131. The first kappa shape index (κ1) is 19.9. The summed E-state index contributed by atoms with van der Waals surface area (Å²) in [4.78, 5) is 19.4. The van der Waals surface area contributed by atoms with Crippen LogP contribution >= 0.6 is 0 Å². The Morgan fingerprint density at radius 2 is 2.03 bits per heavy atom. The summed E-state index contributed by atoms with van der Waals surface area (Å²) in [7, 11) is 3.25. The number of hydrogen-bond donors (Lipinski definition) is 0. The van der Waals surface area contributed by atoms with E-state index in [9.17, 15) is 4.79 Å². The predicted octanol–water partition coefficient (Wildman–Crippen LogP) is 3.70. The van der Waals surface area contributed by atoms with E-state index in [-0.39, 0.29) is 11.8 Å². The maximum absolute atomic E-state index is 12.9. The zero-order chi connectivity index (χ0) is 20.9. The number of amides is 1. The van der Waals surface area contributed by atoms with Crippen molar-refractivity contribution in [2.24, 2.45) is 0 Å². The maximum Gasteiger partial charge on any atom is 0.231 e. The van der Waals surface area contributed by atoms with Gasteiger partial charge in [-0.15, -0.1) is 0 Å². The van der Waals surface area contributed by atoms with E-state index in [4.69, 9.17) is 14.0 Å². The molecule has 1 aliphatic rings. The largest absolute Gasteiger partial charge is 0.497 e. The fraction of sp³-hybridized carbons (Fsp3) is 0.348. The van der Waals surface area contributed by atoms with Crippen LogP contribution in [0.3, 0.4) is 0 Å². The third-order valence-electron chi connectivity index (χ3n) is 5.43. The van der Waals surface area contributed by atoms with Gasteiger partial charge in [-0.2, -0.15) is 4.98 Å². The van der Waals surface area contributed by atoms with E-state index < -0.39 is 0 Å². The Bertz CT molecular complexity index is 1020. The molecule has 156 valence electrons. The highest BCUT2D eigenvalue weighted by Gasteiger charge is 2.29. The summed E-state index contributed by atoms with van der Waals surface area (Å²) in [6, 6.07) is 15.2. The summed E-state index contributed by atoms with van der Waals surface area (Å²) in [5.41, 5.74) is 1.73. The summed E-state index contributed by atoms with van der Waals surface area (Å²) < 4.78 is 16.2. The number of methoxy groups -OCH3 is 2. The third-order valence-corrected chi connectivity index (χ3v) is 5.43. The SMILES string of the molecule is COc1cccc(-c2noc([C@@H]3CCCN(C(=O)Cc4ccccc4OC)C3)n2)c1. The molecule has 0 bridgehead atoms. The second-order valence-electron chi connectivity index (χ2n) is 7.36. The first-order valence-corrected chi connectivity index (χ1v) is 10.1. The predicted molar refractivity (Wildman–Crippen MR) is 112 cm³/mol. The molecule has 1 atom stereocenters. The van der Waals surface area contributed by atoms with Gasteiger partial charge in [-0.3, -0.25) is 4.79 Å². The van der Waals surface area contributed by atoms with E-state index in [0.29, 0.717) is 24.7 Å². The Labute approximate surface area is 175 Å². The lowest BCUT2D eigenvalue weighted by Gasteiger charge is -2.31. The molecule has 1 saturated heterocycles. The van der Waals surface area contributed by atoms with Crippen molar-refractivity contribution in [3.8, 4) is 22.9 Å². The van der Waals surface area contributed by atoms with Gasteiger partial charge in [0.25, 0.3) is 0 Å². The third kappa shape index (κ3) is 4.30. The number of nitrogens with zero attached hydrogens (tertiary/aromatic N) is 3. The van der Waals surface area contributed by atoms with Crippen LogP contribution in [0.1, 0.15) is 30.2 Å². The van der Waals surface area contributed by atoms with E-state index in [0.717, 1.165) is 42.0 Å². The van der Waals surface area contributed by atoms with Crippen molar-refractivity contribution in [1.82, 2.24) is 15.0 Å². The Balaban J connectivity index is 1.45. The lowest BCUT2D eigenvalue weighted by atomic mass is 9.97. The second-order valence-corrected chi connectivity index (χ2v) is 7.36. The number of rotatable bonds is 6. The number of para-hydroxylation sites is 1. The monoisotopic (exact) mass is 407 g/mol. The van der Waals surface area contributed by atoms with Gasteiger partial charge in [-0.25, -0.2) is 0 Å². The van der Waals surface area contributed by atoms with Gasteiger partial charge >= 0.3 is 0 Å². The van der Waals surface area contributed by atoms with Crippen LogP contribution in [0.15, 0.2) is 53.1 Å². The molecule has 0 spiro atoms. The quantitative estimate of drug-likeness (QED) is 0.620. The number of ether oxygens (including phenoxy) is 2. The summed E-state index contributed by atoms with van der Waals surface area (Å²) in [5.74, 6) is 2.69. The second kappa shape index (κ2) is 8.98. The highest BCUT2D eigenvalue weighted by Crippen LogP contribution is 2.29. The van der Waals surface area contributed by atoms with Gasteiger partial charge in [-0.05, 0) is 31.0 Å². The number of hydrogen-bond acceptors (Lipinski definition) is 6. The number of carbonyl (C=O) groups is 1. The first-order chi connectivity index (χ1) is 14.7. The Morgan fingerprint density at radius 1 is 1.17 bits per heavy atom. The molecule has 7 heteroatoms. The molecular weight excluding hydrogens is 382 g/mol. The van der Waals surface area contributed by atoms with Gasteiger partial charge in [-0.1, -0.05) is 35.5 Å². The molecule has 0 radical (unpaired) electrons. The molecule has 0 aliphatic carbocycles. The van der Waals surface area contributed by atoms with Crippen LogP contribution in [0.2, 0.25) is 0 Å². The minimum atomic E-state index is 0.0345. The van der Waals surface area contributed by atoms with Gasteiger partial charge in [0.05, 0.1) is 26.6 Å². The molecule has 30 heavy (non-hydrogen) atoms. The fourth-order valence-electron chi connectivity index (χ4n) is 3.81. The minimum Gasteiger partial charge on any atom is -0.497 e. The molecule has 2 aromatic carbocycles. The van der Waals surface area contributed by atoms with Crippen LogP contribution in [0, 0.1) is 0 Å². The van der Waals surface area contributed by atoms with Gasteiger partial charge < -0.3 is 18.9 Å². The van der Waals surface area contributed by atoms with E-state index in [1.165, 1.54) is 0 Å². The highest BCUT2D eigenvalue weighted by molar-refractivity contribution is 5.79. The topological polar surface area (TPSA) is 77.7 Å². The van der Waals surface area contributed by atoms with Crippen LogP contribution in [-0.2, 0) is 11.2 Å². The van der Waals surface area contributed by atoms with Crippen LogP contribution in [0.5, 0.6) is 11.5 Å². The first-order valence-electron chi connectivity index (χ1n) is 10.1. The average Bonchev–Trinajstić information content (AvgIpc) is 3.30. The maximum atomic E-state index is 12.9. The molecular formula is C23H25N3O4. The van der Waals surface area contributed by atoms with Crippen molar-refractivity contribution in [1.29, 1.82) is 0 Å². The number of carbonyl (C=O) groups excluding carboxylic acids is 1. The standard InChI is InChI=1S/C23H25N3O4/c1-28-19-10-5-8-17(13-19)22-24-23(30-25-22)18-9-6-12-26(15-18)21(27)14-16-7-3-4-11-20(16)29-2/h3-5,7-8,10-11,13,18H,6,9,12,14-15H2,1-2H3/t18-/m1/s1. The zero-order valence-electron chi connectivity index (χ0n) is 17.2. The number of benzene rings is 2. The van der Waals surface area contributed by atoms with Crippen molar-refractivity contribution in [3.05, 3.63) is 60.0 Å². The Morgan fingerprint density at radius 3 is 2.87 bits per heavy atom. The van der Waals surface area contributed by atoms with Crippen LogP contribution in [0.25, 0.3) is 11.4 Å².